The number of aromatic nitrogens is 8. The Morgan fingerprint density at radius 1 is 0.163 bits per heavy atom. The standard InChI is InChI=1S/2C42H28N4/c1-3-10-32(11-4-1)40-44-41(33-12-5-2-6-13-33)46-42(45-40)34-23-21-31(22-24-34)39-27-37(26-35-14-7-8-16-38(35)39)30-19-17-29(18-20-30)36-15-9-25-43-28-36;1-3-9-33(10-4-1)40-44-41(34-11-5-2-6-12-34)46-42(45-40)35-21-19-32(20-22-35)39-28-37(27-36-13-7-8-14-38(36)39)30-17-15-29(16-18-30)31-23-25-43-26-24-31/h2*1-28H. The van der Waals surface area contributed by atoms with Crippen molar-refractivity contribution in [2.24, 2.45) is 0 Å². The lowest BCUT2D eigenvalue weighted by Gasteiger charge is -2.13. The Hall–Kier alpha value is -12.5. The van der Waals surface area contributed by atoms with Gasteiger partial charge in [0.1, 0.15) is 0 Å². The molecular formula is C84H56N8. The van der Waals surface area contributed by atoms with Crippen LogP contribution >= 0.6 is 0 Å². The fourth-order valence-corrected chi connectivity index (χ4v) is 11.7. The van der Waals surface area contributed by atoms with Crippen LogP contribution in [0.15, 0.2) is 340 Å². The summed E-state index contributed by atoms with van der Waals surface area (Å²) in [4.78, 5) is 37.7. The molecule has 0 saturated carbocycles. The highest BCUT2D eigenvalue weighted by Gasteiger charge is 2.17. The van der Waals surface area contributed by atoms with E-state index in [4.69, 9.17) is 29.9 Å². The fourth-order valence-electron chi connectivity index (χ4n) is 11.7. The van der Waals surface area contributed by atoms with Crippen molar-refractivity contribution in [1.29, 1.82) is 0 Å². The van der Waals surface area contributed by atoms with Gasteiger partial charge in [0.15, 0.2) is 34.9 Å². The van der Waals surface area contributed by atoms with Gasteiger partial charge in [0.05, 0.1) is 0 Å². The van der Waals surface area contributed by atoms with Gasteiger partial charge in [-0.3, -0.25) is 9.97 Å². The molecule has 0 aliphatic rings. The normalized spacial score (nSPS) is 11.0. The number of benzene rings is 12. The zero-order valence-electron chi connectivity index (χ0n) is 49.9. The van der Waals surface area contributed by atoms with Crippen LogP contribution in [0.2, 0.25) is 0 Å². The number of hydrogen-bond acceptors (Lipinski definition) is 8. The van der Waals surface area contributed by atoms with Gasteiger partial charge in [0.25, 0.3) is 0 Å². The molecule has 12 aromatic carbocycles. The largest absolute Gasteiger partial charge is 0.265 e. The lowest BCUT2D eigenvalue weighted by molar-refractivity contribution is 1.07. The number of fused-ring (bicyclic) bond motifs is 2. The highest BCUT2D eigenvalue weighted by molar-refractivity contribution is 6.02. The summed E-state index contributed by atoms with van der Waals surface area (Å²) >= 11 is 0. The van der Waals surface area contributed by atoms with Crippen LogP contribution in [0.3, 0.4) is 0 Å². The van der Waals surface area contributed by atoms with E-state index in [2.05, 4.69) is 186 Å². The van der Waals surface area contributed by atoms with Crippen LogP contribution in [-0.4, -0.2) is 39.9 Å². The lowest BCUT2D eigenvalue weighted by Crippen LogP contribution is -2.00. The average molecular weight is 1180 g/mol. The predicted octanol–water partition coefficient (Wildman–Crippen LogP) is 20.8. The quantitative estimate of drug-likeness (QED) is 0.119. The van der Waals surface area contributed by atoms with E-state index in [1.807, 2.05) is 158 Å². The third-order valence-corrected chi connectivity index (χ3v) is 16.5. The number of pyridine rings is 2. The van der Waals surface area contributed by atoms with E-state index in [0.717, 1.165) is 61.2 Å². The van der Waals surface area contributed by atoms with E-state index >= 15 is 0 Å². The van der Waals surface area contributed by atoms with E-state index in [0.29, 0.717) is 34.9 Å². The zero-order valence-corrected chi connectivity index (χ0v) is 49.9. The summed E-state index contributed by atoms with van der Waals surface area (Å²) in [6.45, 7) is 0. The molecular weight excluding hydrogens is 1120 g/mol. The van der Waals surface area contributed by atoms with Crippen molar-refractivity contribution in [3.8, 4) is 135 Å². The molecule has 92 heavy (non-hydrogen) atoms. The van der Waals surface area contributed by atoms with Gasteiger partial charge < -0.3 is 0 Å². The maximum absolute atomic E-state index is 4.91. The van der Waals surface area contributed by atoms with Gasteiger partial charge in [-0.2, -0.15) is 0 Å². The third-order valence-electron chi connectivity index (χ3n) is 16.5. The van der Waals surface area contributed by atoms with Crippen molar-refractivity contribution in [3.63, 3.8) is 0 Å². The summed E-state index contributed by atoms with van der Waals surface area (Å²) in [5, 5.41) is 4.83. The van der Waals surface area contributed by atoms with Crippen LogP contribution in [0.25, 0.3) is 157 Å². The Bertz CT molecular complexity index is 4750. The van der Waals surface area contributed by atoms with Crippen molar-refractivity contribution in [1.82, 2.24) is 39.9 Å². The molecule has 0 bridgehead atoms. The molecule has 16 rings (SSSR count). The van der Waals surface area contributed by atoms with Crippen LogP contribution in [0, 0.1) is 0 Å². The molecule has 0 aliphatic heterocycles. The second-order valence-corrected chi connectivity index (χ2v) is 22.4. The SMILES string of the molecule is c1ccc(-c2nc(-c3ccccc3)nc(-c3ccc(-c4cc(-c5ccc(-c6cccnc6)cc5)cc5ccccc45)cc3)n2)cc1.c1ccc(-c2nc(-c3ccccc3)nc(-c3ccc(-c4cc(-c5ccc(-c6ccncc6)cc5)cc5ccccc45)cc3)n2)cc1. The summed E-state index contributed by atoms with van der Waals surface area (Å²) in [5.74, 6) is 3.91. The molecule has 4 heterocycles. The summed E-state index contributed by atoms with van der Waals surface area (Å²) in [7, 11) is 0. The Balaban J connectivity index is 0.000000153. The van der Waals surface area contributed by atoms with Gasteiger partial charge in [0, 0.05) is 58.2 Å². The van der Waals surface area contributed by atoms with Gasteiger partial charge in [-0.25, -0.2) is 29.9 Å². The van der Waals surface area contributed by atoms with Crippen LogP contribution in [-0.2, 0) is 0 Å². The first-order valence-electron chi connectivity index (χ1n) is 30.6. The Morgan fingerprint density at radius 3 is 0.783 bits per heavy atom. The van der Waals surface area contributed by atoms with Crippen molar-refractivity contribution in [3.05, 3.63) is 340 Å². The second-order valence-electron chi connectivity index (χ2n) is 22.4. The summed E-state index contributed by atoms with van der Waals surface area (Å²) in [5.41, 5.74) is 19.6. The minimum Gasteiger partial charge on any atom is -0.265 e. The zero-order chi connectivity index (χ0) is 61.4. The lowest BCUT2D eigenvalue weighted by atomic mass is 9.92. The molecule has 0 amide bonds. The predicted molar refractivity (Wildman–Crippen MR) is 375 cm³/mol. The smallest absolute Gasteiger partial charge is 0.164 e. The van der Waals surface area contributed by atoms with Gasteiger partial charge in [-0.15, -0.1) is 0 Å². The van der Waals surface area contributed by atoms with Gasteiger partial charge in [-0.1, -0.05) is 273 Å². The summed E-state index contributed by atoms with van der Waals surface area (Å²) < 4.78 is 0. The number of nitrogens with zero attached hydrogens (tertiary/aromatic N) is 8. The highest BCUT2D eigenvalue weighted by atomic mass is 15.0. The van der Waals surface area contributed by atoms with Crippen LogP contribution in [0.1, 0.15) is 0 Å². The second kappa shape index (κ2) is 25.7. The van der Waals surface area contributed by atoms with E-state index in [9.17, 15) is 0 Å². The maximum atomic E-state index is 4.91. The van der Waals surface area contributed by atoms with Crippen molar-refractivity contribution < 1.29 is 0 Å². The number of rotatable bonds is 12. The molecule has 8 nitrogen and oxygen atoms in total. The molecule has 0 radical (unpaired) electrons. The van der Waals surface area contributed by atoms with Crippen LogP contribution in [0.5, 0.6) is 0 Å². The van der Waals surface area contributed by atoms with Gasteiger partial charge >= 0.3 is 0 Å². The highest BCUT2D eigenvalue weighted by Crippen LogP contribution is 2.39. The molecule has 16 aromatic rings. The molecule has 0 fully saturated rings. The first kappa shape index (κ1) is 56.0. The first-order valence-corrected chi connectivity index (χ1v) is 30.6. The van der Waals surface area contributed by atoms with E-state index in [-0.39, 0.29) is 0 Å². The Kier molecular flexibility index (Phi) is 15.6. The summed E-state index contributed by atoms with van der Waals surface area (Å²) in [6.07, 6.45) is 7.36. The molecule has 0 saturated heterocycles. The van der Waals surface area contributed by atoms with Crippen molar-refractivity contribution in [2.75, 3.05) is 0 Å². The molecule has 4 aromatic heterocycles. The Morgan fingerprint density at radius 2 is 0.435 bits per heavy atom. The van der Waals surface area contributed by atoms with Gasteiger partial charge in [-0.05, 0) is 131 Å². The van der Waals surface area contributed by atoms with E-state index in [1.165, 1.54) is 60.5 Å². The Labute approximate surface area is 533 Å². The molecule has 0 spiro atoms. The molecule has 0 atom stereocenters. The first-order chi connectivity index (χ1) is 45.6. The average Bonchev–Trinajstić information content (AvgIpc) is 1.52. The fraction of sp³-hybridized carbons (Fsp3) is 0. The van der Waals surface area contributed by atoms with Gasteiger partial charge in [0.2, 0.25) is 0 Å². The minimum atomic E-state index is 0.645. The molecule has 0 N–H and O–H groups in total. The maximum Gasteiger partial charge on any atom is 0.164 e. The van der Waals surface area contributed by atoms with E-state index < -0.39 is 0 Å². The molecule has 432 valence electrons. The molecule has 0 aliphatic carbocycles. The topological polar surface area (TPSA) is 103 Å². The number of hydrogen-bond donors (Lipinski definition) is 0. The minimum absolute atomic E-state index is 0.645. The summed E-state index contributed by atoms with van der Waals surface area (Å²) in [6, 6.07) is 109. The molecule has 0 unspecified atom stereocenters. The monoisotopic (exact) mass is 1180 g/mol. The van der Waals surface area contributed by atoms with Crippen LogP contribution in [0.4, 0.5) is 0 Å². The third kappa shape index (κ3) is 12.1. The van der Waals surface area contributed by atoms with Crippen LogP contribution < -0.4 is 0 Å². The molecule has 8 heteroatoms. The van der Waals surface area contributed by atoms with Crippen molar-refractivity contribution in [2.45, 2.75) is 0 Å². The van der Waals surface area contributed by atoms with Crippen molar-refractivity contribution >= 4 is 21.5 Å². The van der Waals surface area contributed by atoms with E-state index in [1.54, 1.807) is 6.20 Å².